The predicted octanol–water partition coefficient (Wildman–Crippen LogP) is 1.32. The van der Waals surface area contributed by atoms with Gasteiger partial charge in [0.1, 0.15) is 17.4 Å². The number of fused-ring (bicyclic) bond motifs is 1. The number of Topliss-reactive ketones (excluding diaryl/α,β-unsaturated/α-hetero) is 1. The maximum absolute atomic E-state index is 12.8. The number of hydrogen-bond acceptors (Lipinski definition) is 6. The molecule has 3 heterocycles. The van der Waals surface area contributed by atoms with Crippen molar-refractivity contribution < 1.29 is 28.6 Å². The Morgan fingerprint density at radius 3 is 2.90 bits per heavy atom. The number of carbonyl (C=O) groups excluding carboxylic acids is 3. The van der Waals surface area contributed by atoms with E-state index in [-0.39, 0.29) is 36.5 Å². The van der Waals surface area contributed by atoms with E-state index in [0.717, 1.165) is 0 Å². The van der Waals surface area contributed by atoms with Crippen LogP contribution in [0.4, 0.5) is 0 Å². The molecule has 8 heteroatoms. The maximum atomic E-state index is 12.8. The number of ketones is 1. The van der Waals surface area contributed by atoms with Crippen LogP contribution >= 0.6 is 0 Å². The van der Waals surface area contributed by atoms with Gasteiger partial charge in [0.2, 0.25) is 11.8 Å². The third-order valence-electron chi connectivity index (χ3n) is 6.16. The number of amides is 2. The maximum Gasteiger partial charge on any atom is 0.242 e. The van der Waals surface area contributed by atoms with Crippen LogP contribution in [0.1, 0.15) is 43.0 Å². The molecule has 1 spiro atoms. The molecule has 0 radical (unpaired) electrons. The zero-order valence-electron chi connectivity index (χ0n) is 17.2. The summed E-state index contributed by atoms with van der Waals surface area (Å²) in [6, 6.07) is 6.62. The third kappa shape index (κ3) is 4.34. The fourth-order valence-corrected chi connectivity index (χ4v) is 4.34. The van der Waals surface area contributed by atoms with Gasteiger partial charge in [-0.1, -0.05) is 12.1 Å². The van der Waals surface area contributed by atoms with Gasteiger partial charge in [0.05, 0.1) is 37.9 Å². The molecule has 0 aromatic heterocycles. The van der Waals surface area contributed by atoms with Crippen molar-refractivity contribution in [2.75, 3.05) is 32.9 Å². The Labute approximate surface area is 175 Å². The molecule has 1 aromatic rings. The molecule has 1 N–H and O–H groups in total. The summed E-state index contributed by atoms with van der Waals surface area (Å²) in [6.07, 6.45) is 1.30. The fourth-order valence-electron chi connectivity index (χ4n) is 4.34. The van der Waals surface area contributed by atoms with Gasteiger partial charge >= 0.3 is 0 Å². The summed E-state index contributed by atoms with van der Waals surface area (Å²) in [5.74, 6) is 0.300. The molecule has 162 valence electrons. The van der Waals surface area contributed by atoms with Gasteiger partial charge in [-0.25, -0.2) is 0 Å². The molecule has 3 unspecified atom stereocenters. The first-order valence-electron chi connectivity index (χ1n) is 10.6. The summed E-state index contributed by atoms with van der Waals surface area (Å²) in [5, 5.41) is 2.86. The van der Waals surface area contributed by atoms with Gasteiger partial charge in [0, 0.05) is 25.9 Å². The quantitative estimate of drug-likeness (QED) is 0.796. The molecule has 0 saturated carbocycles. The monoisotopic (exact) mass is 416 g/mol. The van der Waals surface area contributed by atoms with Gasteiger partial charge in [0.25, 0.3) is 0 Å². The van der Waals surface area contributed by atoms with Crippen molar-refractivity contribution in [3.8, 4) is 5.75 Å². The first-order valence-corrected chi connectivity index (χ1v) is 10.6. The minimum Gasteiger partial charge on any atom is -0.486 e. The third-order valence-corrected chi connectivity index (χ3v) is 6.16. The molecular weight excluding hydrogens is 388 g/mol. The summed E-state index contributed by atoms with van der Waals surface area (Å²) >= 11 is 0. The van der Waals surface area contributed by atoms with Crippen LogP contribution in [0.2, 0.25) is 0 Å². The number of carbonyl (C=O) groups is 3. The molecule has 4 rings (SSSR count). The van der Waals surface area contributed by atoms with Gasteiger partial charge < -0.3 is 24.4 Å². The molecule has 2 fully saturated rings. The van der Waals surface area contributed by atoms with E-state index in [0.29, 0.717) is 57.1 Å². The second-order valence-electron chi connectivity index (χ2n) is 8.21. The standard InChI is InChI=1S/C22H28N2O6/c1-15(21(27)23-13-16-14-28-10-11-29-16)24-9-8-22(7-6-20(24)26)12-18(25)17-4-2-3-5-19(17)30-22/h2-5,15-16H,6-14H2,1H3,(H,23,27). The highest BCUT2D eigenvalue weighted by Gasteiger charge is 2.44. The predicted molar refractivity (Wildman–Crippen MR) is 107 cm³/mol. The second kappa shape index (κ2) is 8.73. The minimum absolute atomic E-state index is 0.0400. The number of benzene rings is 1. The number of nitrogens with one attached hydrogen (secondary N) is 1. The number of nitrogens with zero attached hydrogens (tertiary/aromatic N) is 1. The lowest BCUT2D eigenvalue weighted by atomic mass is 9.84. The molecular formula is C22H28N2O6. The van der Waals surface area contributed by atoms with Crippen LogP contribution in [0.25, 0.3) is 0 Å². The SMILES string of the molecule is CC(C(=O)NCC1COCCO1)N1CCC2(CCC1=O)CC(=O)c1ccccc1O2. The van der Waals surface area contributed by atoms with Gasteiger partial charge in [0.15, 0.2) is 5.78 Å². The average molecular weight is 416 g/mol. The number of likely N-dealkylation sites (tertiary alicyclic amines) is 1. The van der Waals surface area contributed by atoms with Crippen molar-refractivity contribution in [3.63, 3.8) is 0 Å². The van der Waals surface area contributed by atoms with E-state index in [1.807, 2.05) is 12.1 Å². The van der Waals surface area contributed by atoms with Gasteiger partial charge in [-0.3, -0.25) is 14.4 Å². The molecule has 3 aliphatic rings. The topological polar surface area (TPSA) is 94.2 Å². The Balaban J connectivity index is 1.39. The average Bonchev–Trinajstić information content (AvgIpc) is 2.91. The highest BCUT2D eigenvalue weighted by Crippen LogP contribution is 2.39. The minimum atomic E-state index is -0.695. The highest BCUT2D eigenvalue weighted by molar-refractivity contribution is 6.00. The fraction of sp³-hybridized carbons (Fsp3) is 0.591. The zero-order valence-corrected chi connectivity index (χ0v) is 17.2. The van der Waals surface area contributed by atoms with Crippen LogP contribution in [-0.4, -0.2) is 73.2 Å². The Bertz CT molecular complexity index is 822. The van der Waals surface area contributed by atoms with Crippen molar-refractivity contribution in [2.45, 2.75) is 50.4 Å². The lowest BCUT2D eigenvalue weighted by molar-refractivity contribution is -0.140. The smallest absolute Gasteiger partial charge is 0.242 e. The number of hydrogen-bond donors (Lipinski definition) is 1. The van der Waals surface area contributed by atoms with E-state index in [1.54, 1.807) is 24.0 Å². The molecule has 0 aliphatic carbocycles. The summed E-state index contributed by atoms with van der Waals surface area (Å²) < 4.78 is 17.1. The Morgan fingerprint density at radius 2 is 2.10 bits per heavy atom. The van der Waals surface area contributed by atoms with Gasteiger partial charge in [-0.15, -0.1) is 0 Å². The van der Waals surface area contributed by atoms with E-state index in [9.17, 15) is 14.4 Å². The van der Waals surface area contributed by atoms with E-state index in [4.69, 9.17) is 14.2 Å². The van der Waals surface area contributed by atoms with Crippen LogP contribution < -0.4 is 10.1 Å². The van der Waals surface area contributed by atoms with Crippen molar-refractivity contribution in [3.05, 3.63) is 29.8 Å². The normalized spacial score (nSPS) is 27.8. The first kappa shape index (κ1) is 20.8. The van der Waals surface area contributed by atoms with E-state index < -0.39 is 11.6 Å². The van der Waals surface area contributed by atoms with Crippen molar-refractivity contribution in [1.82, 2.24) is 10.2 Å². The molecule has 8 nitrogen and oxygen atoms in total. The van der Waals surface area contributed by atoms with Crippen molar-refractivity contribution in [1.29, 1.82) is 0 Å². The van der Waals surface area contributed by atoms with Gasteiger partial charge in [-0.05, 0) is 25.5 Å². The molecule has 2 amide bonds. The van der Waals surface area contributed by atoms with Crippen LogP contribution in [-0.2, 0) is 19.1 Å². The van der Waals surface area contributed by atoms with Crippen molar-refractivity contribution in [2.24, 2.45) is 0 Å². The second-order valence-corrected chi connectivity index (χ2v) is 8.21. The Kier molecular flexibility index (Phi) is 6.06. The van der Waals surface area contributed by atoms with Gasteiger partial charge in [-0.2, -0.15) is 0 Å². The molecule has 2 saturated heterocycles. The number of rotatable bonds is 4. The van der Waals surface area contributed by atoms with Crippen LogP contribution in [0.3, 0.4) is 0 Å². The van der Waals surface area contributed by atoms with E-state index >= 15 is 0 Å². The van der Waals surface area contributed by atoms with Crippen LogP contribution in [0.15, 0.2) is 24.3 Å². The van der Waals surface area contributed by atoms with Crippen LogP contribution in [0, 0.1) is 0 Å². The summed E-state index contributed by atoms with van der Waals surface area (Å²) in [5.41, 5.74) is -0.100. The Morgan fingerprint density at radius 1 is 1.27 bits per heavy atom. The summed E-state index contributed by atoms with van der Waals surface area (Å²) in [6.45, 7) is 3.98. The highest BCUT2D eigenvalue weighted by atomic mass is 16.6. The lowest BCUT2D eigenvalue weighted by Crippen LogP contribution is -2.50. The largest absolute Gasteiger partial charge is 0.486 e. The summed E-state index contributed by atoms with van der Waals surface area (Å²) in [4.78, 5) is 39.7. The van der Waals surface area contributed by atoms with E-state index in [1.165, 1.54) is 0 Å². The zero-order chi connectivity index (χ0) is 21.1. The number of ether oxygens (including phenoxy) is 3. The van der Waals surface area contributed by atoms with Crippen LogP contribution in [0.5, 0.6) is 5.75 Å². The molecule has 30 heavy (non-hydrogen) atoms. The summed E-state index contributed by atoms with van der Waals surface area (Å²) in [7, 11) is 0. The molecule has 0 bridgehead atoms. The van der Waals surface area contributed by atoms with E-state index in [2.05, 4.69) is 5.32 Å². The molecule has 3 aliphatic heterocycles. The Hall–Kier alpha value is -2.45. The van der Waals surface area contributed by atoms with Crippen molar-refractivity contribution >= 4 is 17.6 Å². The first-order chi connectivity index (χ1) is 14.5. The number of para-hydroxylation sites is 1. The molecule has 1 aromatic carbocycles. The lowest BCUT2D eigenvalue weighted by Gasteiger charge is -2.37. The molecule has 3 atom stereocenters.